The Morgan fingerprint density at radius 3 is 1.23 bits per heavy atom. The summed E-state index contributed by atoms with van der Waals surface area (Å²) in [7, 11) is 0. The first-order valence-corrected chi connectivity index (χ1v) is 36.6. The summed E-state index contributed by atoms with van der Waals surface area (Å²) in [5.74, 6) is 2.99. The SMILES string of the molecule is c1ccc(-n2c3ccccc3c3cc(-c4nc(-n5c6cc7ccccc7cc6c6c7ccccc7ccc65)c5sc6ccccc6c5n4)ccc32)cc1.c1ccc(-n2c3ccccc3c3cc(-c4nc(-n5c6cc7ccccc7cc6c6cc7ccccc7cc65)c5oc6ccccc6c5n4)ccc32)cc1. The normalized spacial score (nSPS) is 12.2. The van der Waals surface area contributed by atoms with E-state index in [0.29, 0.717) is 17.2 Å². The number of fused-ring (bicyclic) bond motifs is 23. The summed E-state index contributed by atoms with van der Waals surface area (Å²) in [4.78, 5) is 21.7. The lowest BCUT2D eigenvalue weighted by Crippen LogP contribution is -2.02. The second-order valence-electron chi connectivity index (χ2n) is 27.6. The minimum Gasteiger partial charge on any atom is -0.450 e. The molecule has 24 aromatic rings. The van der Waals surface area contributed by atoms with Crippen molar-refractivity contribution in [1.82, 2.24) is 38.2 Å². The van der Waals surface area contributed by atoms with E-state index in [1.54, 1.807) is 11.3 Å². The third-order valence-electron chi connectivity index (χ3n) is 21.7. The molecule has 0 aliphatic carbocycles. The lowest BCUT2D eigenvalue weighted by atomic mass is 10.0. The zero-order chi connectivity index (χ0) is 69.2. The van der Waals surface area contributed by atoms with Gasteiger partial charge in [0.1, 0.15) is 11.1 Å². The van der Waals surface area contributed by atoms with Gasteiger partial charge in [0, 0.05) is 81.1 Å². The van der Waals surface area contributed by atoms with Crippen molar-refractivity contribution in [1.29, 1.82) is 0 Å². The van der Waals surface area contributed by atoms with Gasteiger partial charge in [-0.1, -0.05) is 206 Å². The van der Waals surface area contributed by atoms with Gasteiger partial charge in [-0.2, -0.15) is 0 Å². The Balaban J connectivity index is 0.000000129. The summed E-state index contributed by atoms with van der Waals surface area (Å²) in [6, 6.07) is 121. The molecule has 0 aliphatic heterocycles. The van der Waals surface area contributed by atoms with Crippen LogP contribution in [0.5, 0.6) is 0 Å². The summed E-state index contributed by atoms with van der Waals surface area (Å²) in [6.07, 6.45) is 0. The van der Waals surface area contributed by atoms with Crippen LogP contribution in [0, 0.1) is 0 Å². The van der Waals surface area contributed by atoms with E-state index in [9.17, 15) is 0 Å². The van der Waals surface area contributed by atoms with Gasteiger partial charge in [0.2, 0.25) is 0 Å². The molecule has 0 saturated carbocycles. The van der Waals surface area contributed by atoms with Crippen LogP contribution in [-0.4, -0.2) is 38.2 Å². The monoisotopic (exact) mass is 1370 g/mol. The predicted octanol–water partition coefficient (Wildman–Crippen LogP) is 25.6. The molecule has 16 aromatic carbocycles. The van der Waals surface area contributed by atoms with Gasteiger partial charge in [-0.3, -0.25) is 9.13 Å². The smallest absolute Gasteiger partial charge is 0.197 e. The molecule has 0 unspecified atom stereocenters. The topological polar surface area (TPSA) is 84.4 Å². The number of rotatable bonds is 6. The van der Waals surface area contributed by atoms with Crippen LogP contribution in [0.1, 0.15) is 0 Å². The first kappa shape index (κ1) is 58.6. The fraction of sp³-hybridized carbons (Fsp3) is 0. The third kappa shape index (κ3) is 8.76. The minimum absolute atomic E-state index is 0.647. The number of para-hydroxylation sites is 5. The average Bonchev–Trinajstić information content (AvgIpc) is 1.56. The van der Waals surface area contributed by atoms with Gasteiger partial charge in [0.25, 0.3) is 0 Å². The maximum Gasteiger partial charge on any atom is 0.197 e. The number of hydrogen-bond acceptors (Lipinski definition) is 6. The molecule has 0 fully saturated rings. The average molecular weight is 1370 g/mol. The molecule has 10 heteroatoms. The van der Waals surface area contributed by atoms with Crippen LogP contribution in [0.2, 0.25) is 0 Å². The molecular formula is C96H56N8OS. The van der Waals surface area contributed by atoms with Crippen LogP contribution in [0.15, 0.2) is 344 Å². The van der Waals surface area contributed by atoms with Crippen molar-refractivity contribution in [2.24, 2.45) is 0 Å². The fourth-order valence-electron chi connectivity index (χ4n) is 17.0. The first-order chi connectivity index (χ1) is 52.5. The van der Waals surface area contributed by atoms with E-state index in [1.165, 1.54) is 91.0 Å². The molecule has 8 heterocycles. The quantitative estimate of drug-likeness (QED) is 0.166. The molecule has 0 atom stereocenters. The summed E-state index contributed by atoms with van der Waals surface area (Å²) in [6.45, 7) is 0. The van der Waals surface area contributed by atoms with E-state index in [4.69, 9.17) is 24.4 Å². The highest BCUT2D eigenvalue weighted by molar-refractivity contribution is 7.26. The Morgan fingerprint density at radius 1 is 0.245 bits per heavy atom. The molecule has 106 heavy (non-hydrogen) atoms. The molecule has 24 rings (SSSR count). The van der Waals surface area contributed by atoms with Gasteiger partial charge in [-0.15, -0.1) is 11.3 Å². The lowest BCUT2D eigenvalue weighted by molar-refractivity contribution is 0.662. The van der Waals surface area contributed by atoms with Crippen molar-refractivity contribution < 1.29 is 4.42 Å². The molecule has 9 nitrogen and oxygen atoms in total. The Hall–Kier alpha value is -14.1. The van der Waals surface area contributed by atoms with Crippen LogP contribution >= 0.6 is 11.3 Å². The van der Waals surface area contributed by atoms with Crippen LogP contribution in [-0.2, 0) is 0 Å². The number of furan rings is 1. The molecule has 0 aliphatic rings. The number of benzene rings is 16. The molecule has 0 amide bonds. The number of hydrogen-bond donors (Lipinski definition) is 0. The summed E-state index contributed by atoms with van der Waals surface area (Å²) in [5.41, 5.74) is 16.5. The molecule has 0 spiro atoms. The lowest BCUT2D eigenvalue weighted by Gasteiger charge is -2.12. The number of aromatic nitrogens is 8. The van der Waals surface area contributed by atoms with Crippen molar-refractivity contribution in [2.75, 3.05) is 0 Å². The van der Waals surface area contributed by atoms with E-state index in [0.717, 1.165) is 110 Å². The van der Waals surface area contributed by atoms with E-state index in [2.05, 4.69) is 340 Å². The summed E-state index contributed by atoms with van der Waals surface area (Å²) >= 11 is 1.77. The predicted molar refractivity (Wildman–Crippen MR) is 442 cm³/mol. The molecule has 0 radical (unpaired) electrons. The third-order valence-corrected chi connectivity index (χ3v) is 22.9. The standard InChI is InChI=1S/C48H28N4O.C48H28N4S/c1-2-16-34(17-3-1)51-40-20-10-8-18-35(40)37-26-33(22-23-41(37)51)47-49-45-36-19-9-11-21-44(36)53-46(45)48(50-47)52-42-27-31-14-6-4-12-29(31)24-38(42)39-25-30-13-5-7-15-32(30)28-43(39)52;1-2-15-33(16-3-1)51-39-20-10-8-18-35(39)37-27-32(23-24-40(37)51)47-49-45-36-19-9-11-21-43(36)53-46(45)48(50-47)52-41-25-22-29-12-6-7-17-34(29)44(41)38-26-30-13-4-5-14-31(30)28-42(38)52/h2*1-28H. The van der Waals surface area contributed by atoms with Crippen molar-refractivity contribution in [3.8, 4) is 45.8 Å². The number of thiophene rings is 1. The van der Waals surface area contributed by atoms with Gasteiger partial charge in [0.05, 0.1) is 54.4 Å². The highest BCUT2D eigenvalue weighted by atomic mass is 32.1. The molecule has 492 valence electrons. The zero-order valence-electron chi connectivity index (χ0n) is 56.7. The summed E-state index contributed by atoms with van der Waals surface area (Å²) in [5, 5.41) is 21.3. The highest BCUT2D eigenvalue weighted by Gasteiger charge is 2.27. The Morgan fingerprint density at radius 2 is 0.651 bits per heavy atom. The van der Waals surface area contributed by atoms with Gasteiger partial charge in [-0.25, -0.2) is 19.9 Å². The Labute approximate surface area is 608 Å². The van der Waals surface area contributed by atoms with Crippen LogP contribution in [0.4, 0.5) is 0 Å². The number of nitrogens with zero attached hydrogens (tertiary/aromatic N) is 8. The second-order valence-corrected chi connectivity index (χ2v) is 28.7. The van der Waals surface area contributed by atoms with Crippen molar-refractivity contribution in [3.05, 3.63) is 340 Å². The Bertz CT molecular complexity index is 7470. The van der Waals surface area contributed by atoms with Crippen molar-refractivity contribution in [3.63, 3.8) is 0 Å². The van der Waals surface area contributed by atoms with E-state index < -0.39 is 0 Å². The summed E-state index contributed by atoms with van der Waals surface area (Å²) < 4.78 is 18.4. The van der Waals surface area contributed by atoms with E-state index in [-0.39, 0.29) is 0 Å². The van der Waals surface area contributed by atoms with Gasteiger partial charge >= 0.3 is 0 Å². The second kappa shape index (κ2) is 22.7. The largest absolute Gasteiger partial charge is 0.450 e. The molecule has 8 aromatic heterocycles. The van der Waals surface area contributed by atoms with Crippen molar-refractivity contribution >= 4 is 184 Å². The molecule has 0 bridgehead atoms. The zero-order valence-corrected chi connectivity index (χ0v) is 57.5. The molecule has 0 N–H and O–H groups in total. The maximum absolute atomic E-state index is 6.70. The molecule has 0 saturated heterocycles. The van der Waals surface area contributed by atoms with E-state index >= 15 is 0 Å². The highest BCUT2D eigenvalue weighted by Crippen LogP contribution is 2.46. The van der Waals surface area contributed by atoms with Crippen molar-refractivity contribution in [2.45, 2.75) is 0 Å². The minimum atomic E-state index is 0.647. The van der Waals surface area contributed by atoms with Crippen LogP contribution in [0.3, 0.4) is 0 Å². The maximum atomic E-state index is 6.70. The van der Waals surface area contributed by atoms with E-state index in [1.807, 2.05) is 18.2 Å². The first-order valence-electron chi connectivity index (χ1n) is 35.8. The molecular weight excluding hydrogens is 1310 g/mol. The van der Waals surface area contributed by atoms with Gasteiger partial charge in [-0.05, 0) is 177 Å². The van der Waals surface area contributed by atoms with Gasteiger partial charge < -0.3 is 13.6 Å². The van der Waals surface area contributed by atoms with Crippen LogP contribution in [0.25, 0.3) is 218 Å². The van der Waals surface area contributed by atoms with Crippen LogP contribution < -0.4 is 0 Å². The van der Waals surface area contributed by atoms with Gasteiger partial charge in [0.15, 0.2) is 28.9 Å². The Kier molecular flexibility index (Phi) is 12.6. The fourth-order valence-corrected chi connectivity index (χ4v) is 18.1.